The van der Waals surface area contributed by atoms with Gasteiger partial charge in [-0.05, 0) is 49.4 Å². The third-order valence-corrected chi connectivity index (χ3v) is 8.19. The summed E-state index contributed by atoms with van der Waals surface area (Å²) < 4.78 is 34.0. The Morgan fingerprint density at radius 1 is 1.15 bits per heavy atom. The number of rotatable bonds is 7. The summed E-state index contributed by atoms with van der Waals surface area (Å²) in [5.41, 5.74) is 1.11. The van der Waals surface area contributed by atoms with E-state index in [1.807, 2.05) is 13.1 Å². The van der Waals surface area contributed by atoms with E-state index in [0.717, 1.165) is 0 Å². The number of thiazole rings is 1. The van der Waals surface area contributed by atoms with Gasteiger partial charge in [-0.15, -0.1) is 0 Å². The number of ether oxygens (including phenoxy) is 1. The van der Waals surface area contributed by atoms with Crippen molar-refractivity contribution in [2.24, 2.45) is 5.92 Å². The first-order valence-electron chi connectivity index (χ1n) is 10.9. The summed E-state index contributed by atoms with van der Waals surface area (Å²) in [5.74, 6) is 0.726. The molecule has 1 aromatic heterocycles. The van der Waals surface area contributed by atoms with Gasteiger partial charge in [0.1, 0.15) is 5.75 Å². The zero-order valence-electron chi connectivity index (χ0n) is 18.9. The first-order chi connectivity index (χ1) is 15.7. The van der Waals surface area contributed by atoms with Crippen LogP contribution in [0.3, 0.4) is 0 Å². The Hall–Kier alpha value is -2.53. The highest BCUT2D eigenvalue weighted by Gasteiger charge is 2.28. The molecule has 0 saturated carbocycles. The first-order valence-corrected chi connectivity index (χ1v) is 13.1. The highest BCUT2D eigenvalue weighted by molar-refractivity contribution is 7.89. The van der Waals surface area contributed by atoms with E-state index in [1.165, 1.54) is 15.6 Å². The molecule has 8 nitrogen and oxygen atoms in total. The minimum Gasteiger partial charge on any atom is -0.493 e. The van der Waals surface area contributed by atoms with Crippen LogP contribution in [-0.4, -0.2) is 68.3 Å². The predicted octanol–water partition coefficient (Wildman–Crippen LogP) is 3.52. The number of benzene rings is 2. The van der Waals surface area contributed by atoms with Gasteiger partial charge in [-0.3, -0.25) is 10.1 Å². The van der Waals surface area contributed by atoms with Gasteiger partial charge in [0.05, 0.1) is 21.7 Å². The number of piperazine rings is 1. The molecular weight excluding hydrogens is 460 g/mol. The lowest BCUT2D eigenvalue weighted by molar-refractivity contribution is 0.102. The maximum atomic E-state index is 13.0. The summed E-state index contributed by atoms with van der Waals surface area (Å²) in [6.45, 7) is 7.06. The van der Waals surface area contributed by atoms with E-state index in [0.29, 0.717) is 65.4 Å². The van der Waals surface area contributed by atoms with Crippen LogP contribution < -0.4 is 10.1 Å². The van der Waals surface area contributed by atoms with E-state index in [9.17, 15) is 13.2 Å². The molecule has 2 heterocycles. The predicted molar refractivity (Wildman–Crippen MR) is 131 cm³/mol. The number of carbonyl (C=O) groups excluding carboxylic acids is 1. The second-order valence-corrected chi connectivity index (χ2v) is 11.5. The van der Waals surface area contributed by atoms with Gasteiger partial charge in [0.15, 0.2) is 5.13 Å². The van der Waals surface area contributed by atoms with Crippen molar-refractivity contribution in [3.05, 3.63) is 48.0 Å². The van der Waals surface area contributed by atoms with Gasteiger partial charge < -0.3 is 9.64 Å². The fourth-order valence-corrected chi connectivity index (χ4v) is 5.88. The molecule has 0 unspecified atom stereocenters. The third kappa shape index (κ3) is 5.52. The Labute approximate surface area is 198 Å². The quantitative estimate of drug-likeness (QED) is 0.547. The van der Waals surface area contributed by atoms with Crippen molar-refractivity contribution in [3.8, 4) is 5.75 Å². The average Bonchev–Trinajstić information content (AvgIpc) is 3.19. The summed E-state index contributed by atoms with van der Waals surface area (Å²) in [6.07, 6.45) is 0. The standard InChI is InChI=1S/C23H28N4O4S2/c1-16(2)15-31-18-6-4-5-17(13-18)22(28)25-23-24-20-8-7-19(14-21(20)32-23)33(29,30)27-11-9-26(3)10-12-27/h4-8,13-14,16H,9-12,15H2,1-3H3,(H,24,25,28). The van der Waals surface area contributed by atoms with Gasteiger partial charge in [-0.2, -0.15) is 4.31 Å². The van der Waals surface area contributed by atoms with Crippen molar-refractivity contribution < 1.29 is 17.9 Å². The van der Waals surface area contributed by atoms with Crippen molar-refractivity contribution in [2.75, 3.05) is 45.2 Å². The number of nitrogens with zero attached hydrogens (tertiary/aromatic N) is 3. The smallest absolute Gasteiger partial charge is 0.257 e. The van der Waals surface area contributed by atoms with Crippen LogP contribution in [0.5, 0.6) is 5.75 Å². The topological polar surface area (TPSA) is 91.8 Å². The van der Waals surface area contributed by atoms with Crippen LogP contribution in [0, 0.1) is 5.92 Å². The fraction of sp³-hybridized carbons (Fsp3) is 0.391. The van der Waals surface area contributed by atoms with Crippen LogP contribution >= 0.6 is 11.3 Å². The molecule has 10 heteroatoms. The van der Waals surface area contributed by atoms with E-state index in [1.54, 1.807) is 36.4 Å². The molecule has 1 amide bonds. The molecule has 0 atom stereocenters. The summed E-state index contributed by atoms with van der Waals surface area (Å²) in [6, 6.07) is 11.9. The molecule has 0 radical (unpaired) electrons. The molecule has 3 aromatic rings. The molecule has 0 aliphatic carbocycles. The minimum absolute atomic E-state index is 0.246. The number of sulfonamides is 1. The highest BCUT2D eigenvalue weighted by Crippen LogP contribution is 2.30. The number of nitrogens with one attached hydrogen (secondary N) is 1. The van der Waals surface area contributed by atoms with Gasteiger partial charge in [-0.25, -0.2) is 13.4 Å². The van der Waals surface area contributed by atoms with E-state index in [2.05, 4.69) is 29.0 Å². The van der Waals surface area contributed by atoms with Crippen LogP contribution in [0.15, 0.2) is 47.4 Å². The number of hydrogen-bond acceptors (Lipinski definition) is 7. The fourth-order valence-electron chi connectivity index (χ4n) is 3.46. The van der Waals surface area contributed by atoms with Crippen molar-refractivity contribution >= 4 is 42.6 Å². The Kier molecular flexibility index (Phi) is 6.99. The number of amides is 1. The van der Waals surface area contributed by atoms with Crippen molar-refractivity contribution in [3.63, 3.8) is 0 Å². The number of aromatic nitrogens is 1. The normalized spacial score (nSPS) is 15.8. The Bertz CT molecular complexity index is 1250. The van der Waals surface area contributed by atoms with Gasteiger partial charge >= 0.3 is 0 Å². The number of hydrogen-bond donors (Lipinski definition) is 1. The highest BCUT2D eigenvalue weighted by atomic mass is 32.2. The summed E-state index contributed by atoms with van der Waals surface area (Å²) in [7, 11) is -1.58. The Morgan fingerprint density at radius 3 is 2.64 bits per heavy atom. The molecule has 1 aliphatic heterocycles. The van der Waals surface area contributed by atoms with Gasteiger partial charge in [-0.1, -0.05) is 31.3 Å². The average molecular weight is 489 g/mol. The third-order valence-electron chi connectivity index (χ3n) is 5.36. The van der Waals surface area contributed by atoms with Crippen LogP contribution in [0.4, 0.5) is 5.13 Å². The largest absolute Gasteiger partial charge is 0.493 e. The monoisotopic (exact) mass is 488 g/mol. The maximum Gasteiger partial charge on any atom is 0.257 e. The Balaban J connectivity index is 1.50. The van der Waals surface area contributed by atoms with Crippen LogP contribution in [-0.2, 0) is 10.0 Å². The number of anilines is 1. The van der Waals surface area contributed by atoms with E-state index >= 15 is 0 Å². The lowest BCUT2D eigenvalue weighted by atomic mass is 10.2. The summed E-state index contributed by atoms with van der Waals surface area (Å²) in [5, 5.41) is 3.23. The summed E-state index contributed by atoms with van der Waals surface area (Å²) in [4.78, 5) is 19.5. The van der Waals surface area contributed by atoms with Gasteiger partial charge in [0, 0.05) is 31.7 Å². The molecule has 1 aliphatic rings. The molecule has 1 fully saturated rings. The zero-order valence-corrected chi connectivity index (χ0v) is 20.6. The van der Waals surface area contributed by atoms with Gasteiger partial charge in [0.2, 0.25) is 10.0 Å². The maximum absolute atomic E-state index is 13.0. The van der Waals surface area contributed by atoms with E-state index < -0.39 is 10.0 Å². The summed E-state index contributed by atoms with van der Waals surface area (Å²) >= 11 is 1.25. The second kappa shape index (κ2) is 9.76. The molecule has 1 saturated heterocycles. The minimum atomic E-state index is -3.57. The molecule has 4 rings (SSSR count). The van der Waals surface area contributed by atoms with Crippen molar-refractivity contribution in [1.82, 2.24) is 14.2 Å². The van der Waals surface area contributed by atoms with Crippen LogP contribution in [0.1, 0.15) is 24.2 Å². The van der Waals surface area contributed by atoms with Crippen LogP contribution in [0.25, 0.3) is 10.2 Å². The van der Waals surface area contributed by atoms with Gasteiger partial charge in [0.25, 0.3) is 5.91 Å². The van der Waals surface area contributed by atoms with Crippen molar-refractivity contribution in [2.45, 2.75) is 18.7 Å². The molecule has 0 bridgehead atoms. The lowest BCUT2D eigenvalue weighted by Gasteiger charge is -2.31. The van der Waals surface area contributed by atoms with Crippen molar-refractivity contribution in [1.29, 1.82) is 0 Å². The van der Waals surface area contributed by atoms with Crippen LogP contribution in [0.2, 0.25) is 0 Å². The van der Waals surface area contributed by atoms with E-state index in [-0.39, 0.29) is 10.8 Å². The molecule has 33 heavy (non-hydrogen) atoms. The molecule has 2 aromatic carbocycles. The lowest BCUT2D eigenvalue weighted by Crippen LogP contribution is -2.46. The molecule has 0 spiro atoms. The number of fused-ring (bicyclic) bond motifs is 1. The molecule has 1 N–H and O–H groups in total. The number of likely N-dealkylation sites (N-methyl/N-ethyl adjacent to an activating group) is 1. The SMILES string of the molecule is CC(C)COc1cccc(C(=O)Nc2nc3ccc(S(=O)(=O)N4CCN(C)CC4)cc3s2)c1. The second-order valence-electron chi connectivity index (χ2n) is 8.54. The number of carbonyl (C=O) groups is 1. The first kappa shape index (κ1) is 23.6. The molecule has 176 valence electrons. The Morgan fingerprint density at radius 2 is 1.91 bits per heavy atom. The molecular formula is C23H28N4O4S2. The zero-order chi connectivity index (χ0) is 23.6. The van der Waals surface area contributed by atoms with E-state index in [4.69, 9.17) is 4.74 Å².